The van der Waals surface area contributed by atoms with E-state index in [4.69, 9.17) is 4.74 Å². The van der Waals surface area contributed by atoms with Crippen LogP contribution in [0.15, 0.2) is 54.6 Å². The number of anilines is 2. The fraction of sp³-hybridized carbons (Fsp3) is 0.333. The van der Waals surface area contributed by atoms with Gasteiger partial charge in [-0.2, -0.15) is 0 Å². The van der Waals surface area contributed by atoms with E-state index in [9.17, 15) is 9.59 Å². The first kappa shape index (κ1) is 20.5. The first-order chi connectivity index (χ1) is 13.1. The van der Waals surface area contributed by atoms with Gasteiger partial charge < -0.3 is 20.3 Å². The maximum Gasteiger partial charge on any atom is 0.319 e. The molecule has 0 aliphatic carbocycles. The first-order valence-corrected chi connectivity index (χ1v) is 9.13. The molecule has 27 heavy (non-hydrogen) atoms. The molecule has 2 N–H and O–H groups in total. The molecule has 2 aromatic rings. The van der Waals surface area contributed by atoms with E-state index in [1.54, 1.807) is 24.1 Å². The molecule has 6 heteroatoms. The molecule has 0 spiro atoms. The summed E-state index contributed by atoms with van der Waals surface area (Å²) in [5.41, 5.74) is 2.44. The number of hydrogen-bond acceptors (Lipinski definition) is 3. The molecular weight excluding hydrogens is 342 g/mol. The largest absolute Gasteiger partial charge is 0.382 e. The zero-order valence-electron chi connectivity index (χ0n) is 15.9. The van der Waals surface area contributed by atoms with E-state index >= 15 is 0 Å². The van der Waals surface area contributed by atoms with Crippen LogP contribution in [0.3, 0.4) is 0 Å². The fourth-order valence-corrected chi connectivity index (χ4v) is 2.49. The zero-order chi connectivity index (χ0) is 19.5. The van der Waals surface area contributed by atoms with Crippen LogP contribution in [0, 0.1) is 0 Å². The Balaban J connectivity index is 1.79. The van der Waals surface area contributed by atoms with Gasteiger partial charge in [0.1, 0.15) is 0 Å². The standard InChI is InChI=1S/C21H27N3O3/c1-3-27-15-7-14-22-21(26)23-18-12-10-17(11-13-18)16-20(25)24(2)19-8-5-4-6-9-19/h4-6,8-13H,3,7,14-16H2,1-2H3,(H2,22,23,26). The Kier molecular flexibility index (Phi) is 8.32. The second kappa shape index (κ2) is 11.0. The summed E-state index contributed by atoms with van der Waals surface area (Å²) in [7, 11) is 1.77. The van der Waals surface area contributed by atoms with Crippen molar-refractivity contribution < 1.29 is 14.3 Å². The smallest absolute Gasteiger partial charge is 0.319 e. The van der Waals surface area contributed by atoms with Crippen LogP contribution in [0.2, 0.25) is 0 Å². The predicted octanol–water partition coefficient (Wildman–Crippen LogP) is 3.44. The molecular formula is C21H27N3O3. The number of para-hydroxylation sites is 1. The molecule has 3 amide bonds. The number of carbonyl (C=O) groups excluding carboxylic acids is 2. The third-order valence-corrected chi connectivity index (χ3v) is 4.04. The van der Waals surface area contributed by atoms with Crippen molar-refractivity contribution in [2.24, 2.45) is 0 Å². The monoisotopic (exact) mass is 369 g/mol. The highest BCUT2D eigenvalue weighted by atomic mass is 16.5. The van der Waals surface area contributed by atoms with Crippen molar-refractivity contribution in [1.82, 2.24) is 5.32 Å². The lowest BCUT2D eigenvalue weighted by Gasteiger charge is -2.17. The molecule has 0 atom stereocenters. The SMILES string of the molecule is CCOCCCNC(=O)Nc1ccc(CC(=O)N(C)c2ccccc2)cc1. The van der Waals surface area contributed by atoms with Crippen LogP contribution >= 0.6 is 0 Å². The van der Waals surface area contributed by atoms with Crippen molar-refractivity contribution in [1.29, 1.82) is 0 Å². The second-order valence-corrected chi connectivity index (χ2v) is 6.09. The minimum absolute atomic E-state index is 0.00829. The summed E-state index contributed by atoms with van der Waals surface area (Å²) in [6.07, 6.45) is 1.08. The summed E-state index contributed by atoms with van der Waals surface area (Å²) in [5, 5.41) is 5.55. The number of benzene rings is 2. The Bertz CT molecular complexity index is 717. The van der Waals surface area contributed by atoms with Crippen molar-refractivity contribution in [3.63, 3.8) is 0 Å². The summed E-state index contributed by atoms with van der Waals surface area (Å²) in [6.45, 7) is 3.82. The number of hydrogen-bond donors (Lipinski definition) is 2. The van der Waals surface area contributed by atoms with Crippen LogP contribution in [-0.2, 0) is 16.0 Å². The Morgan fingerprint density at radius 3 is 2.41 bits per heavy atom. The van der Waals surface area contributed by atoms with E-state index in [1.165, 1.54) is 0 Å². The molecule has 0 aliphatic rings. The van der Waals surface area contributed by atoms with E-state index in [2.05, 4.69) is 10.6 Å². The van der Waals surface area contributed by atoms with Crippen molar-refractivity contribution in [2.75, 3.05) is 37.0 Å². The van der Waals surface area contributed by atoms with Gasteiger partial charge in [0.05, 0.1) is 6.42 Å². The summed E-state index contributed by atoms with van der Waals surface area (Å²) in [5.74, 6) is 0.00829. The number of urea groups is 1. The lowest BCUT2D eigenvalue weighted by Crippen LogP contribution is -2.30. The van der Waals surface area contributed by atoms with Gasteiger partial charge in [-0.15, -0.1) is 0 Å². The highest BCUT2D eigenvalue weighted by molar-refractivity contribution is 5.94. The average Bonchev–Trinajstić information content (AvgIpc) is 2.69. The molecule has 0 saturated carbocycles. The zero-order valence-corrected chi connectivity index (χ0v) is 15.9. The van der Waals surface area contributed by atoms with Gasteiger partial charge in [0.2, 0.25) is 5.91 Å². The van der Waals surface area contributed by atoms with E-state index in [0.717, 1.165) is 17.7 Å². The summed E-state index contributed by atoms with van der Waals surface area (Å²) in [4.78, 5) is 25.9. The number of rotatable bonds is 9. The topological polar surface area (TPSA) is 70.7 Å². The van der Waals surface area contributed by atoms with Gasteiger partial charge in [0, 0.05) is 38.2 Å². The van der Waals surface area contributed by atoms with E-state index in [1.807, 2.05) is 49.4 Å². The van der Waals surface area contributed by atoms with Gasteiger partial charge in [-0.05, 0) is 43.2 Å². The predicted molar refractivity (Wildman–Crippen MR) is 108 cm³/mol. The summed E-state index contributed by atoms with van der Waals surface area (Å²) >= 11 is 0. The molecule has 0 aliphatic heterocycles. The average molecular weight is 369 g/mol. The maximum absolute atomic E-state index is 12.4. The van der Waals surface area contributed by atoms with Crippen molar-refractivity contribution in [3.8, 4) is 0 Å². The normalized spacial score (nSPS) is 10.3. The molecule has 2 aromatic carbocycles. The van der Waals surface area contributed by atoms with Crippen molar-refractivity contribution in [3.05, 3.63) is 60.2 Å². The van der Waals surface area contributed by atoms with Crippen molar-refractivity contribution >= 4 is 23.3 Å². The fourth-order valence-electron chi connectivity index (χ4n) is 2.49. The van der Waals surface area contributed by atoms with Crippen molar-refractivity contribution in [2.45, 2.75) is 19.8 Å². The van der Waals surface area contributed by atoms with Gasteiger partial charge in [-0.3, -0.25) is 4.79 Å². The lowest BCUT2D eigenvalue weighted by molar-refractivity contribution is -0.117. The van der Waals surface area contributed by atoms with Crippen LogP contribution in [-0.4, -0.2) is 38.7 Å². The third kappa shape index (κ3) is 7.11. The lowest BCUT2D eigenvalue weighted by atomic mass is 10.1. The number of nitrogens with zero attached hydrogens (tertiary/aromatic N) is 1. The quantitative estimate of drug-likeness (QED) is 0.665. The Morgan fingerprint density at radius 2 is 1.74 bits per heavy atom. The van der Waals surface area contributed by atoms with E-state index in [0.29, 0.717) is 31.9 Å². The number of nitrogens with one attached hydrogen (secondary N) is 2. The van der Waals surface area contributed by atoms with Gasteiger partial charge in [-0.1, -0.05) is 30.3 Å². The van der Waals surface area contributed by atoms with Crippen LogP contribution in [0.4, 0.5) is 16.2 Å². The highest BCUT2D eigenvalue weighted by Gasteiger charge is 2.11. The number of ether oxygens (including phenoxy) is 1. The molecule has 0 aromatic heterocycles. The number of likely N-dealkylation sites (N-methyl/N-ethyl adjacent to an activating group) is 1. The highest BCUT2D eigenvalue weighted by Crippen LogP contribution is 2.15. The second-order valence-electron chi connectivity index (χ2n) is 6.09. The molecule has 0 bridgehead atoms. The molecule has 0 saturated heterocycles. The summed E-state index contributed by atoms with van der Waals surface area (Å²) in [6, 6.07) is 16.6. The molecule has 0 heterocycles. The molecule has 0 unspecified atom stereocenters. The molecule has 0 fully saturated rings. The molecule has 144 valence electrons. The Hall–Kier alpha value is -2.86. The van der Waals surface area contributed by atoms with Gasteiger partial charge >= 0.3 is 6.03 Å². The summed E-state index contributed by atoms with van der Waals surface area (Å²) < 4.78 is 5.22. The molecule has 2 rings (SSSR count). The van der Waals surface area contributed by atoms with Crippen LogP contribution in [0.5, 0.6) is 0 Å². The van der Waals surface area contributed by atoms with Crippen LogP contribution < -0.4 is 15.5 Å². The van der Waals surface area contributed by atoms with Gasteiger partial charge in [0.25, 0.3) is 0 Å². The minimum Gasteiger partial charge on any atom is -0.382 e. The van der Waals surface area contributed by atoms with Crippen LogP contribution in [0.1, 0.15) is 18.9 Å². The van der Waals surface area contributed by atoms with Gasteiger partial charge in [-0.25, -0.2) is 4.79 Å². The van der Waals surface area contributed by atoms with E-state index in [-0.39, 0.29) is 11.9 Å². The van der Waals surface area contributed by atoms with E-state index < -0.39 is 0 Å². The third-order valence-electron chi connectivity index (χ3n) is 4.04. The first-order valence-electron chi connectivity index (χ1n) is 9.13. The molecule has 6 nitrogen and oxygen atoms in total. The number of carbonyl (C=O) groups is 2. The minimum atomic E-state index is -0.251. The Morgan fingerprint density at radius 1 is 1.04 bits per heavy atom. The van der Waals surface area contributed by atoms with Gasteiger partial charge in [0.15, 0.2) is 0 Å². The van der Waals surface area contributed by atoms with Crippen LogP contribution in [0.25, 0.3) is 0 Å². The molecule has 0 radical (unpaired) electrons. The number of amides is 3. The Labute approximate surface area is 160 Å². The maximum atomic E-state index is 12.4.